The summed E-state index contributed by atoms with van der Waals surface area (Å²) in [5.74, 6) is 0. The van der Waals surface area contributed by atoms with Gasteiger partial charge in [-0.15, -0.1) is 0 Å². The van der Waals surface area contributed by atoms with Crippen LogP contribution in [0.15, 0.2) is 24.3 Å². The van der Waals surface area contributed by atoms with E-state index in [1.54, 1.807) is 12.1 Å². The normalized spacial score (nSPS) is 26.0. The minimum atomic E-state index is -4.24. The average Bonchev–Trinajstić information content (AvgIpc) is 2.66. The minimum absolute atomic E-state index is 0.0237. The maximum Gasteiger partial charge on any atom is 0.416 e. The summed E-state index contributed by atoms with van der Waals surface area (Å²) >= 11 is 0. The van der Waals surface area contributed by atoms with E-state index >= 15 is 0 Å². The van der Waals surface area contributed by atoms with Crippen molar-refractivity contribution in [3.63, 3.8) is 0 Å². The van der Waals surface area contributed by atoms with Crippen molar-refractivity contribution in [2.75, 3.05) is 13.1 Å². The van der Waals surface area contributed by atoms with Gasteiger partial charge in [-0.25, -0.2) is 0 Å². The second-order valence-electron chi connectivity index (χ2n) is 4.56. The van der Waals surface area contributed by atoms with E-state index in [0.717, 1.165) is 25.1 Å². The lowest BCUT2D eigenvalue weighted by molar-refractivity contribution is -0.137. The van der Waals surface area contributed by atoms with E-state index < -0.39 is 11.7 Å². The van der Waals surface area contributed by atoms with Crippen LogP contribution < -0.4 is 5.32 Å². The molecule has 0 unspecified atom stereocenters. The Morgan fingerprint density at radius 2 is 1.81 bits per heavy atom. The number of hydrogen-bond donors (Lipinski definition) is 1. The second kappa shape index (κ2) is 3.77. The molecule has 1 heterocycles. The predicted molar refractivity (Wildman–Crippen MR) is 56.3 cm³/mol. The molecular formula is C12H14F3N. The number of nitrogens with one attached hydrogen (secondary N) is 1. The molecule has 0 aliphatic carbocycles. The average molecular weight is 229 g/mol. The molecule has 1 aromatic carbocycles. The van der Waals surface area contributed by atoms with Crippen molar-refractivity contribution in [3.8, 4) is 0 Å². The van der Waals surface area contributed by atoms with Gasteiger partial charge in [0, 0.05) is 12.0 Å². The first-order valence-corrected chi connectivity index (χ1v) is 5.30. The molecule has 1 aromatic rings. The summed E-state index contributed by atoms with van der Waals surface area (Å²) in [5, 5.41) is 3.23. The Morgan fingerprint density at radius 3 is 2.25 bits per heavy atom. The highest BCUT2D eigenvalue weighted by Gasteiger charge is 2.33. The molecule has 0 amide bonds. The molecule has 4 heteroatoms. The Balaban J connectivity index is 2.26. The highest BCUT2D eigenvalue weighted by atomic mass is 19.4. The third kappa shape index (κ3) is 2.07. The molecule has 1 N–H and O–H groups in total. The van der Waals surface area contributed by atoms with Crippen LogP contribution in [-0.4, -0.2) is 13.1 Å². The van der Waals surface area contributed by atoms with E-state index in [1.165, 1.54) is 12.1 Å². The molecule has 0 aromatic heterocycles. The smallest absolute Gasteiger partial charge is 0.316 e. The molecule has 0 bridgehead atoms. The topological polar surface area (TPSA) is 12.0 Å². The van der Waals surface area contributed by atoms with E-state index in [0.29, 0.717) is 0 Å². The van der Waals surface area contributed by atoms with Crippen LogP contribution in [0.3, 0.4) is 0 Å². The van der Waals surface area contributed by atoms with E-state index in [9.17, 15) is 13.2 Å². The summed E-state index contributed by atoms with van der Waals surface area (Å²) < 4.78 is 37.1. The lowest BCUT2D eigenvalue weighted by atomic mass is 9.81. The molecule has 0 spiro atoms. The Morgan fingerprint density at radius 1 is 1.19 bits per heavy atom. The van der Waals surface area contributed by atoms with Crippen LogP contribution in [0.5, 0.6) is 0 Å². The minimum Gasteiger partial charge on any atom is -0.316 e. The van der Waals surface area contributed by atoms with Crippen molar-refractivity contribution in [1.29, 1.82) is 0 Å². The fourth-order valence-corrected chi connectivity index (χ4v) is 2.12. The highest BCUT2D eigenvalue weighted by molar-refractivity contribution is 5.31. The predicted octanol–water partition coefficient (Wildman–Crippen LogP) is 2.96. The van der Waals surface area contributed by atoms with E-state index in [4.69, 9.17) is 0 Å². The molecule has 1 aliphatic rings. The van der Waals surface area contributed by atoms with E-state index in [2.05, 4.69) is 12.2 Å². The van der Waals surface area contributed by atoms with Crippen molar-refractivity contribution in [2.24, 2.45) is 0 Å². The maximum atomic E-state index is 12.4. The van der Waals surface area contributed by atoms with Crippen molar-refractivity contribution in [3.05, 3.63) is 35.4 Å². The highest BCUT2D eigenvalue weighted by Crippen LogP contribution is 2.33. The monoisotopic (exact) mass is 229 g/mol. The van der Waals surface area contributed by atoms with Gasteiger partial charge in [-0.3, -0.25) is 0 Å². The van der Waals surface area contributed by atoms with Crippen LogP contribution in [0, 0.1) is 0 Å². The van der Waals surface area contributed by atoms with Crippen molar-refractivity contribution < 1.29 is 13.2 Å². The quantitative estimate of drug-likeness (QED) is 0.780. The summed E-state index contributed by atoms with van der Waals surface area (Å²) in [4.78, 5) is 0. The Bertz CT molecular complexity index is 361. The zero-order valence-corrected chi connectivity index (χ0v) is 9.06. The second-order valence-corrected chi connectivity index (χ2v) is 4.56. The summed E-state index contributed by atoms with van der Waals surface area (Å²) in [6.07, 6.45) is -3.27. The van der Waals surface area contributed by atoms with Gasteiger partial charge in [-0.1, -0.05) is 19.1 Å². The van der Waals surface area contributed by atoms with Gasteiger partial charge in [0.2, 0.25) is 0 Å². The lowest BCUT2D eigenvalue weighted by Gasteiger charge is -2.23. The van der Waals surface area contributed by atoms with Crippen LogP contribution in [0.4, 0.5) is 13.2 Å². The third-order valence-electron chi connectivity index (χ3n) is 3.28. The van der Waals surface area contributed by atoms with Crippen LogP contribution in [0.1, 0.15) is 24.5 Å². The standard InChI is InChI=1S/C12H14F3N/c1-11(6-7-16-8-11)9-2-4-10(5-3-9)12(13,14)15/h2-5,16H,6-8H2,1H3/t11-/m1/s1. The van der Waals surface area contributed by atoms with Crippen LogP contribution in [0.2, 0.25) is 0 Å². The van der Waals surface area contributed by atoms with Crippen LogP contribution in [0.25, 0.3) is 0 Å². The molecule has 1 fully saturated rings. The molecule has 1 atom stereocenters. The van der Waals surface area contributed by atoms with Crippen LogP contribution in [-0.2, 0) is 11.6 Å². The molecule has 2 rings (SSSR count). The lowest BCUT2D eigenvalue weighted by Crippen LogP contribution is -2.24. The number of benzene rings is 1. The van der Waals surface area contributed by atoms with Gasteiger partial charge in [-0.05, 0) is 30.7 Å². The molecule has 1 nitrogen and oxygen atoms in total. The number of alkyl halides is 3. The summed E-state index contributed by atoms with van der Waals surface area (Å²) in [5.41, 5.74) is 0.376. The van der Waals surface area contributed by atoms with Crippen molar-refractivity contribution in [1.82, 2.24) is 5.32 Å². The number of halogens is 3. The fraction of sp³-hybridized carbons (Fsp3) is 0.500. The first-order valence-electron chi connectivity index (χ1n) is 5.30. The van der Waals surface area contributed by atoms with Gasteiger partial charge in [-0.2, -0.15) is 13.2 Å². The fourth-order valence-electron chi connectivity index (χ4n) is 2.12. The Kier molecular flexibility index (Phi) is 2.70. The number of rotatable bonds is 1. The zero-order valence-electron chi connectivity index (χ0n) is 9.06. The SMILES string of the molecule is C[C@@]1(c2ccc(C(F)(F)F)cc2)CCNC1. The van der Waals surface area contributed by atoms with Gasteiger partial charge in [0.15, 0.2) is 0 Å². The molecule has 16 heavy (non-hydrogen) atoms. The van der Waals surface area contributed by atoms with Crippen molar-refractivity contribution in [2.45, 2.75) is 24.9 Å². The van der Waals surface area contributed by atoms with Gasteiger partial charge >= 0.3 is 6.18 Å². The van der Waals surface area contributed by atoms with E-state index in [1.807, 2.05) is 0 Å². The Labute approximate surface area is 92.7 Å². The van der Waals surface area contributed by atoms with Gasteiger partial charge in [0.25, 0.3) is 0 Å². The first-order chi connectivity index (χ1) is 7.42. The molecule has 88 valence electrons. The van der Waals surface area contributed by atoms with Crippen LogP contribution >= 0.6 is 0 Å². The molecular weight excluding hydrogens is 215 g/mol. The van der Waals surface area contributed by atoms with Gasteiger partial charge < -0.3 is 5.32 Å². The summed E-state index contributed by atoms with van der Waals surface area (Å²) in [6, 6.07) is 5.52. The third-order valence-corrected chi connectivity index (χ3v) is 3.28. The van der Waals surface area contributed by atoms with Gasteiger partial charge in [0.1, 0.15) is 0 Å². The van der Waals surface area contributed by atoms with Gasteiger partial charge in [0.05, 0.1) is 5.56 Å². The molecule has 1 saturated heterocycles. The molecule has 0 saturated carbocycles. The maximum absolute atomic E-state index is 12.4. The molecule has 1 aliphatic heterocycles. The van der Waals surface area contributed by atoms with E-state index in [-0.39, 0.29) is 5.41 Å². The zero-order chi connectivity index (χ0) is 11.8. The number of hydrogen-bond acceptors (Lipinski definition) is 1. The Hall–Kier alpha value is -1.03. The summed E-state index contributed by atoms with van der Waals surface area (Å²) in [7, 11) is 0. The molecule has 0 radical (unpaired) electrons. The van der Waals surface area contributed by atoms with Crippen molar-refractivity contribution >= 4 is 0 Å². The largest absolute Gasteiger partial charge is 0.416 e. The first kappa shape index (κ1) is 11.5. The summed E-state index contributed by atoms with van der Waals surface area (Å²) in [6.45, 7) is 3.84.